The van der Waals surface area contributed by atoms with Crippen molar-refractivity contribution in [2.75, 3.05) is 23.7 Å². The lowest BCUT2D eigenvalue weighted by molar-refractivity contribution is -0.140. The average Bonchev–Trinajstić information content (AvgIpc) is 2.76. The van der Waals surface area contributed by atoms with Crippen LogP contribution in [-0.2, 0) is 26.2 Å². The third-order valence-electron chi connectivity index (χ3n) is 5.13. The van der Waals surface area contributed by atoms with E-state index in [4.69, 9.17) is 0 Å². The lowest BCUT2D eigenvalue weighted by Crippen LogP contribution is -2.52. The Bertz CT molecular complexity index is 992. The average molecular weight is 460 g/mol. The zero-order valence-corrected chi connectivity index (χ0v) is 20.1. The van der Waals surface area contributed by atoms with Crippen molar-refractivity contribution in [3.63, 3.8) is 0 Å². The number of nitrogens with zero attached hydrogens (tertiary/aromatic N) is 2. The van der Waals surface area contributed by atoms with Crippen molar-refractivity contribution in [3.05, 3.63) is 65.7 Å². The van der Waals surface area contributed by atoms with E-state index in [0.717, 1.165) is 28.1 Å². The normalized spacial score (nSPS) is 12.1. The molecule has 0 bridgehead atoms. The highest BCUT2D eigenvalue weighted by molar-refractivity contribution is 7.92. The second-order valence-corrected chi connectivity index (χ2v) is 9.73. The van der Waals surface area contributed by atoms with Crippen LogP contribution in [0.2, 0.25) is 0 Å². The van der Waals surface area contributed by atoms with E-state index >= 15 is 0 Å². The van der Waals surface area contributed by atoms with Crippen LogP contribution in [0.15, 0.2) is 54.6 Å². The first-order valence-electron chi connectivity index (χ1n) is 10.8. The van der Waals surface area contributed by atoms with Crippen LogP contribution in [0, 0.1) is 6.92 Å². The number of anilines is 1. The van der Waals surface area contributed by atoms with Gasteiger partial charge in [0.05, 0.1) is 11.9 Å². The van der Waals surface area contributed by atoms with E-state index in [1.165, 1.54) is 4.90 Å². The summed E-state index contributed by atoms with van der Waals surface area (Å²) in [5, 5.41) is 2.86. The van der Waals surface area contributed by atoms with Crippen LogP contribution in [-0.4, -0.2) is 50.5 Å². The van der Waals surface area contributed by atoms with E-state index in [9.17, 15) is 18.0 Å². The summed E-state index contributed by atoms with van der Waals surface area (Å²) in [5.41, 5.74) is 2.26. The molecule has 0 saturated heterocycles. The topological polar surface area (TPSA) is 86.8 Å². The summed E-state index contributed by atoms with van der Waals surface area (Å²) in [6.45, 7) is 6.05. The number of aryl methyl sites for hydroxylation is 1. The number of carbonyl (C=O) groups excluding carboxylic acids is 2. The maximum atomic E-state index is 13.5. The lowest BCUT2D eigenvalue weighted by atomic mass is 10.1. The van der Waals surface area contributed by atoms with Gasteiger partial charge in [0.25, 0.3) is 0 Å². The Morgan fingerprint density at radius 3 is 2.16 bits per heavy atom. The van der Waals surface area contributed by atoms with Crippen molar-refractivity contribution in [1.82, 2.24) is 10.2 Å². The molecule has 8 heteroatoms. The van der Waals surface area contributed by atoms with Crippen LogP contribution >= 0.6 is 0 Å². The highest BCUT2D eigenvalue weighted by atomic mass is 32.2. The van der Waals surface area contributed by atoms with Crippen molar-refractivity contribution in [2.45, 2.75) is 46.2 Å². The van der Waals surface area contributed by atoms with Crippen LogP contribution in [0.1, 0.15) is 37.8 Å². The Morgan fingerprint density at radius 1 is 1.00 bits per heavy atom. The number of sulfonamides is 1. The summed E-state index contributed by atoms with van der Waals surface area (Å²) in [6.07, 6.45) is 2.27. The first-order valence-corrected chi connectivity index (χ1v) is 12.7. The van der Waals surface area contributed by atoms with Crippen LogP contribution in [0.25, 0.3) is 0 Å². The molecule has 2 aromatic carbocycles. The maximum absolute atomic E-state index is 13.5. The standard InChI is InChI=1S/C24H33N3O4S/c1-5-16-25-24(29)22(6-2)26(17-20-10-8-7-9-11-20)23(28)18-27(32(4,30)31)21-14-12-19(3)13-15-21/h7-15,22H,5-6,16-18H2,1-4H3,(H,25,29). The summed E-state index contributed by atoms with van der Waals surface area (Å²) in [5.74, 6) is -0.668. The Hall–Kier alpha value is -2.87. The van der Waals surface area contributed by atoms with E-state index in [-0.39, 0.29) is 19.0 Å². The summed E-state index contributed by atoms with van der Waals surface area (Å²) in [7, 11) is -3.71. The zero-order valence-electron chi connectivity index (χ0n) is 19.2. The van der Waals surface area contributed by atoms with Gasteiger partial charge in [-0.15, -0.1) is 0 Å². The van der Waals surface area contributed by atoms with Gasteiger partial charge < -0.3 is 10.2 Å². The van der Waals surface area contributed by atoms with Gasteiger partial charge in [-0.2, -0.15) is 0 Å². The third kappa shape index (κ3) is 7.09. The first kappa shape index (κ1) is 25.4. The molecular weight excluding hydrogens is 426 g/mol. The molecule has 7 nitrogen and oxygen atoms in total. The highest BCUT2D eigenvalue weighted by Crippen LogP contribution is 2.20. The van der Waals surface area contributed by atoms with E-state index in [1.54, 1.807) is 24.3 Å². The Balaban J connectivity index is 2.38. The fourth-order valence-electron chi connectivity index (χ4n) is 3.39. The molecule has 0 aliphatic heterocycles. The number of hydrogen-bond donors (Lipinski definition) is 1. The monoisotopic (exact) mass is 459 g/mol. The summed E-state index contributed by atoms with van der Waals surface area (Å²) in [6, 6.07) is 15.6. The molecule has 32 heavy (non-hydrogen) atoms. The van der Waals surface area contributed by atoms with Gasteiger partial charge in [-0.25, -0.2) is 8.42 Å². The fourth-order valence-corrected chi connectivity index (χ4v) is 4.24. The molecule has 0 aromatic heterocycles. The summed E-state index contributed by atoms with van der Waals surface area (Å²) < 4.78 is 26.1. The Labute approximate surface area is 191 Å². The van der Waals surface area contributed by atoms with E-state index < -0.39 is 22.0 Å². The molecule has 2 aromatic rings. The molecule has 0 fully saturated rings. The molecule has 1 atom stereocenters. The second kappa shape index (κ2) is 11.7. The maximum Gasteiger partial charge on any atom is 0.244 e. The van der Waals surface area contributed by atoms with Gasteiger partial charge in [-0.1, -0.05) is 61.9 Å². The Kier molecular flexibility index (Phi) is 9.26. The van der Waals surface area contributed by atoms with Gasteiger partial charge in [-0.3, -0.25) is 13.9 Å². The lowest BCUT2D eigenvalue weighted by Gasteiger charge is -2.32. The smallest absolute Gasteiger partial charge is 0.244 e. The van der Waals surface area contributed by atoms with Crippen molar-refractivity contribution in [2.24, 2.45) is 0 Å². The van der Waals surface area contributed by atoms with Crippen LogP contribution in [0.4, 0.5) is 5.69 Å². The fraction of sp³-hybridized carbons (Fsp3) is 0.417. The number of hydrogen-bond acceptors (Lipinski definition) is 4. The minimum Gasteiger partial charge on any atom is -0.354 e. The quantitative estimate of drug-likeness (QED) is 0.559. The van der Waals surface area contributed by atoms with Crippen molar-refractivity contribution in [3.8, 4) is 0 Å². The van der Waals surface area contributed by atoms with Gasteiger partial charge >= 0.3 is 0 Å². The predicted molar refractivity (Wildman–Crippen MR) is 128 cm³/mol. The van der Waals surface area contributed by atoms with Crippen LogP contribution in [0.3, 0.4) is 0 Å². The molecule has 0 aliphatic rings. The van der Waals surface area contributed by atoms with E-state index in [2.05, 4.69) is 5.32 Å². The number of rotatable bonds is 11. The van der Waals surface area contributed by atoms with Gasteiger partial charge in [0.2, 0.25) is 21.8 Å². The molecule has 1 N–H and O–H groups in total. The molecule has 174 valence electrons. The molecule has 2 rings (SSSR count). The second-order valence-electron chi connectivity index (χ2n) is 7.83. The highest BCUT2D eigenvalue weighted by Gasteiger charge is 2.31. The van der Waals surface area contributed by atoms with E-state index in [0.29, 0.717) is 18.7 Å². The van der Waals surface area contributed by atoms with Crippen molar-refractivity contribution >= 4 is 27.5 Å². The molecule has 0 radical (unpaired) electrons. The predicted octanol–water partition coefficient (Wildman–Crippen LogP) is 3.09. The van der Waals surface area contributed by atoms with Crippen LogP contribution < -0.4 is 9.62 Å². The minimum atomic E-state index is -3.71. The summed E-state index contributed by atoms with van der Waals surface area (Å²) in [4.78, 5) is 27.8. The molecular formula is C24H33N3O4S. The largest absolute Gasteiger partial charge is 0.354 e. The number of carbonyl (C=O) groups is 2. The van der Waals surface area contributed by atoms with Crippen molar-refractivity contribution in [1.29, 1.82) is 0 Å². The molecule has 0 heterocycles. The summed E-state index contributed by atoms with van der Waals surface area (Å²) >= 11 is 0. The SMILES string of the molecule is CCCNC(=O)C(CC)N(Cc1ccccc1)C(=O)CN(c1ccc(C)cc1)S(C)(=O)=O. The Morgan fingerprint density at radius 2 is 1.62 bits per heavy atom. The number of amides is 2. The molecule has 0 aliphatic carbocycles. The number of nitrogens with one attached hydrogen (secondary N) is 1. The van der Waals surface area contributed by atoms with Crippen molar-refractivity contribution < 1.29 is 18.0 Å². The minimum absolute atomic E-state index is 0.212. The van der Waals surface area contributed by atoms with E-state index in [1.807, 2.05) is 51.1 Å². The first-order chi connectivity index (χ1) is 15.2. The number of benzene rings is 2. The molecule has 0 saturated carbocycles. The van der Waals surface area contributed by atoms with Gasteiger partial charge in [-0.05, 0) is 37.5 Å². The molecule has 1 unspecified atom stereocenters. The molecule has 2 amide bonds. The van der Waals surface area contributed by atoms with Gasteiger partial charge in [0.15, 0.2) is 0 Å². The third-order valence-corrected chi connectivity index (χ3v) is 6.27. The van der Waals surface area contributed by atoms with Gasteiger partial charge in [0.1, 0.15) is 12.6 Å². The molecule has 0 spiro atoms. The van der Waals surface area contributed by atoms with Crippen LogP contribution in [0.5, 0.6) is 0 Å². The van der Waals surface area contributed by atoms with Gasteiger partial charge in [0, 0.05) is 13.1 Å². The zero-order chi connectivity index (χ0) is 23.7.